The zero-order valence-corrected chi connectivity index (χ0v) is 16.0. The van der Waals surface area contributed by atoms with Crippen LogP contribution in [0.25, 0.3) is 0 Å². The molecule has 0 fully saturated rings. The summed E-state index contributed by atoms with van der Waals surface area (Å²) in [6.45, 7) is 12.1. The Labute approximate surface area is 150 Å². The highest BCUT2D eigenvalue weighted by Gasteiger charge is 2.30. The van der Waals surface area contributed by atoms with Crippen molar-refractivity contribution in [1.29, 1.82) is 0 Å². The molecule has 0 saturated carbocycles. The number of carbonyl (C=O) groups excluding carboxylic acids is 1. The maximum atomic E-state index is 12.5. The zero-order chi connectivity index (χ0) is 18.7. The number of rotatable bonds is 7. The van der Waals surface area contributed by atoms with Crippen molar-refractivity contribution in [2.75, 3.05) is 0 Å². The van der Waals surface area contributed by atoms with E-state index in [9.17, 15) is 4.79 Å². The monoisotopic (exact) mass is 340 g/mol. The Morgan fingerprint density at radius 3 is 1.84 bits per heavy atom. The van der Waals surface area contributed by atoms with Crippen molar-refractivity contribution < 1.29 is 14.6 Å². The van der Waals surface area contributed by atoms with E-state index in [1.54, 1.807) is 0 Å². The minimum absolute atomic E-state index is 0.0167. The highest BCUT2D eigenvalue weighted by Crippen LogP contribution is 2.30. The van der Waals surface area contributed by atoms with E-state index in [0.717, 1.165) is 5.56 Å². The Morgan fingerprint density at radius 1 is 0.800 bits per heavy atom. The van der Waals surface area contributed by atoms with Crippen LogP contribution >= 0.6 is 0 Å². The van der Waals surface area contributed by atoms with Crippen LogP contribution in [0.15, 0.2) is 54.6 Å². The summed E-state index contributed by atoms with van der Waals surface area (Å²) in [5.41, 5.74) is 1.32. The summed E-state index contributed by atoms with van der Waals surface area (Å²) in [5.74, 6) is 0.345. The number of hydrogen-bond acceptors (Lipinski definition) is 3. The molecule has 0 unspecified atom stereocenters. The number of hydrogen-bond donors (Lipinski definition) is 0. The van der Waals surface area contributed by atoms with Gasteiger partial charge in [0.15, 0.2) is 5.78 Å². The van der Waals surface area contributed by atoms with E-state index in [1.165, 1.54) is 0 Å². The summed E-state index contributed by atoms with van der Waals surface area (Å²) in [4.78, 5) is 23.9. The van der Waals surface area contributed by atoms with Gasteiger partial charge in [-0.2, -0.15) is 0 Å². The van der Waals surface area contributed by atoms with Gasteiger partial charge >= 0.3 is 0 Å². The normalized spacial score (nSPS) is 12.4. The molecule has 0 radical (unpaired) electrons. The molecule has 2 aromatic rings. The summed E-state index contributed by atoms with van der Waals surface area (Å²) in [7, 11) is 0. The molecule has 25 heavy (non-hydrogen) atoms. The Bertz CT molecular complexity index is 698. The molecule has 0 bridgehead atoms. The minimum atomic E-state index is -0.611. The molecule has 0 atom stereocenters. The summed E-state index contributed by atoms with van der Waals surface area (Å²) in [5, 5.41) is 0. The standard InChI is InChI=1S/C22H28O3/c1-16(2)21(3,4)24-25-22(5,6)19-14-12-18(13-15-19)20(23)17-10-8-7-9-11-17/h7-16H,1-6H3. The van der Waals surface area contributed by atoms with Crippen LogP contribution in [0, 0.1) is 5.92 Å². The molecule has 0 aliphatic rings. The number of ketones is 1. The maximum Gasteiger partial charge on any atom is 0.193 e. The summed E-state index contributed by atoms with van der Waals surface area (Å²) < 4.78 is 0. The molecule has 2 rings (SSSR count). The van der Waals surface area contributed by atoms with Crippen LogP contribution in [0.3, 0.4) is 0 Å². The second-order valence-electron chi connectivity index (χ2n) is 7.71. The quantitative estimate of drug-likeness (QED) is 0.377. The van der Waals surface area contributed by atoms with Crippen molar-refractivity contribution in [2.45, 2.75) is 52.7 Å². The van der Waals surface area contributed by atoms with Crippen LogP contribution in [0.4, 0.5) is 0 Å². The van der Waals surface area contributed by atoms with Crippen LogP contribution in [-0.4, -0.2) is 11.4 Å². The zero-order valence-electron chi connectivity index (χ0n) is 16.0. The van der Waals surface area contributed by atoms with Gasteiger partial charge in [-0.15, -0.1) is 0 Å². The first-order valence-electron chi connectivity index (χ1n) is 8.70. The highest BCUT2D eigenvalue weighted by atomic mass is 17.2. The molecule has 0 saturated heterocycles. The van der Waals surface area contributed by atoms with Crippen molar-refractivity contribution in [3.63, 3.8) is 0 Å². The molecular weight excluding hydrogens is 312 g/mol. The van der Waals surface area contributed by atoms with Gasteiger partial charge in [-0.1, -0.05) is 68.4 Å². The minimum Gasteiger partial charge on any atom is -0.289 e. The lowest BCUT2D eigenvalue weighted by Gasteiger charge is -2.33. The summed E-state index contributed by atoms with van der Waals surface area (Å²) in [6, 6.07) is 16.8. The molecule has 0 aliphatic heterocycles. The predicted molar refractivity (Wildman–Crippen MR) is 100 cm³/mol. The van der Waals surface area contributed by atoms with E-state index in [0.29, 0.717) is 17.0 Å². The average molecular weight is 340 g/mol. The summed E-state index contributed by atoms with van der Waals surface area (Å²) >= 11 is 0. The van der Waals surface area contributed by atoms with Gasteiger partial charge < -0.3 is 0 Å². The molecule has 0 aliphatic carbocycles. The predicted octanol–water partition coefficient (Wildman–Crippen LogP) is 5.54. The Kier molecular flexibility index (Phi) is 5.81. The lowest BCUT2D eigenvalue weighted by atomic mass is 9.94. The van der Waals surface area contributed by atoms with Gasteiger partial charge in [0.25, 0.3) is 0 Å². The van der Waals surface area contributed by atoms with Crippen molar-refractivity contribution in [3.05, 3.63) is 71.3 Å². The van der Waals surface area contributed by atoms with E-state index < -0.39 is 5.60 Å². The van der Waals surface area contributed by atoms with Gasteiger partial charge in [0.1, 0.15) is 11.2 Å². The van der Waals surface area contributed by atoms with Crippen LogP contribution in [-0.2, 0) is 15.4 Å². The number of carbonyl (C=O) groups is 1. The molecule has 0 heterocycles. The van der Waals surface area contributed by atoms with Gasteiger partial charge in [-0.25, -0.2) is 9.78 Å². The fourth-order valence-corrected chi connectivity index (χ4v) is 2.14. The maximum absolute atomic E-state index is 12.5. The van der Waals surface area contributed by atoms with Gasteiger partial charge in [-0.05, 0) is 39.2 Å². The molecule has 2 aromatic carbocycles. The lowest BCUT2D eigenvalue weighted by molar-refractivity contribution is -0.412. The lowest BCUT2D eigenvalue weighted by Crippen LogP contribution is -2.35. The first-order chi connectivity index (χ1) is 11.6. The largest absolute Gasteiger partial charge is 0.289 e. The molecule has 0 N–H and O–H groups in total. The second kappa shape index (κ2) is 7.51. The van der Waals surface area contributed by atoms with Crippen LogP contribution in [0.2, 0.25) is 0 Å². The Morgan fingerprint density at radius 2 is 1.32 bits per heavy atom. The first-order valence-corrected chi connectivity index (χ1v) is 8.70. The third kappa shape index (κ3) is 4.77. The molecular formula is C22H28O3. The van der Waals surface area contributed by atoms with Gasteiger partial charge in [0, 0.05) is 11.1 Å². The molecule has 0 spiro atoms. The number of benzene rings is 2. The van der Waals surface area contributed by atoms with Crippen molar-refractivity contribution in [2.24, 2.45) is 5.92 Å². The molecule has 134 valence electrons. The van der Waals surface area contributed by atoms with E-state index in [-0.39, 0.29) is 11.4 Å². The fourth-order valence-electron chi connectivity index (χ4n) is 2.14. The van der Waals surface area contributed by atoms with Crippen molar-refractivity contribution >= 4 is 5.78 Å². The topological polar surface area (TPSA) is 35.5 Å². The smallest absolute Gasteiger partial charge is 0.193 e. The average Bonchev–Trinajstić information content (AvgIpc) is 2.60. The molecule has 0 aromatic heterocycles. The summed E-state index contributed by atoms with van der Waals surface area (Å²) in [6.07, 6.45) is 0. The molecule has 0 amide bonds. The second-order valence-corrected chi connectivity index (χ2v) is 7.71. The van der Waals surface area contributed by atoms with Crippen LogP contribution in [0.5, 0.6) is 0 Å². The van der Waals surface area contributed by atoms with E-state index in [4.69, 9.17) is 9.78 Å². The third-order valence-electron chi connectivity index (χ3n) is 4.73. The van der Waals surface area contributed by atoms with Crippen LogP contribution < -0.4 is 0 Å². The van der Waals surface area contributed by atoms with Gasteiger partial charge in [0.05, 0.1) is 0 Å². The van der Waals surface area contributed by atoms with Crippen molar-refractivity contribution in [3.8, 4) is 0 Å². The fraction of sp³-hybridized carbons (Fsp3) is 0.409. The highest BCUT2D eigenvalue weighted by molar-refractivity contribution is 6.08. The third-order valence-corrected chi connectivity index (χ3v) is 4.73. The van der Waals surface area contributed by atoms with Crippen LogP contribution in [0.1, 0.15) is 63.0 Å². The SMILES string of the molecule is CC(C)C(C)(C)OOC(C)(C)c1ccc(C(=O)c2ccccc2)cc1. The van der Waals surface area contributed by atoms with E-state index in [1.807, 2.05) is 82.3 Å². The van der Waals surface area contributed by atoms with Crippen molar-refractivity contribution in [1.82, 2.24) is 0 Å². The van der Waals surface area contributed by atoms with Gasteiger partial charge in [0.2, 0.25) is 0 Å². The first kappa shape index (κ1) is 19.4. The Balaban J connectivity index is 2.12. The van der Waals surface area contributed by atoms with E-state index >= 15 is 0 Å². The van der Waals surface area contributed by atoms with E-state index in [2.05, 4.69) is 13.8 Å². The molecule has 3 heteroatoms. The molecule has 3 nitrogen and oxygen atoms in total. The van der Waals surface area contributed by atoms with Gasteiger partial charge in [-0.3, -0.25) is 4.79 Å². The Hall–Kier alpha value is -1.97.